The first-order valence-electron chi connectivity index (χ1n) is 42.7. The minimum atomic E-state index is 0.525. The minimum absolute atomic E-state index is 0.525. The van der Waals surface area contributed by atoms with Crippen LogP contribution in [0.1, 0.15) is 0 Å². The molecule has 0 N–H and O–H groups in total. The molecule has 12 heteroatoms. The van der Waals surface area contributed by atoms with Crippen molar-refractivity contribution in [2.45, 2.75) is 0 Å². The Morgan fingerprint density at radius 2 is 0.413 bits per heavy atom. The fraction of sp³-hybridized carbons (Fsp3) is 0. The van der Waals surface area contributed by atoms with Gasteiger partial charge in [-0.1, -0.05) is 305 Å². The maximum Gasteiger partial charge on any atom is 0.428 e. The van der Waals surface area contributed by atoms with Crippen LogP contribution in [0.3, 0.4) is 0 Å². The molecular formula is C114H75N12+3. The SMILES string of the molecule is c1ccc(-c2ccc(-c3nc(-n4c5ccccc5c5ccc6c7ccccc7n(-c7ccccc7)c6c54)nc(-n4c5ccccc5c5ccc6c7ccccc7n(-c7ccccc7)c6c54)n3)cc2)cc1.c1ccc(-n2c3ccccc3c3cc(-c4ccc5c(c4)c4ccccc4n5-c4ccc(-[n+]5c[n+](-c6ccccc6)c[n+](-c6ccccc6)c5)cc4)ccc32)cc1. The fourth-order valence-corrected chi connectivity index (χ4v) is 19.5. The van der Waals surface area contributed by atoms with Gasteiger partial charge in [-0.3, -0.25) is 9.13 Å². The van der Waals surface area contributed by atoms with Crippen LogP contribution < -0.4 is 13.7 Å². The third-order valence-electron chi connectivity index (χ3n) is 25.2. The first-order chi connectivity index (χ1) is 62.5. The summed E-state index contributed by atoms with van der Waals surface area (Å²) in [5, 5.41) is 14.1. The molecule has 0 spiro atoms. The van der Waals surface area contributed by atoms with Crippen LogP contribution in [0.5, 0.6) is 0 Å². The molecule has 0 radical (unpaired) electrons. The molecule has 0 unspecified atom stereocenters. The van der Waals surface area contributed by atoms with Gasteiger partial charge in [-0.2, -0.15) is 15.0 Å². The molecule has 12 nitrogen and oxygen atoms in total. The van der Waals surface area contributed by atoms with E-state index in [0.29, 0.717) is 17.7 Å². The van der Waals surface area contributed by atoms with Crippen molar-refractivity contribution in [1.29, 1.82) is 0 Å². The van der Waals surface area contributed by atoms with Gasteiger partial charge in [0.2, 0.25) is 29.0 Å². The summed E-state index contributed by atoms with van der Waals surface area (Å²) in [6.07, 6.45) is 6.37. The number of aromatic nitrogens is 12. The van der Waals surface area contributed by atoms with E-state index in [-0.39, 0.29) is 0 Å². The number of para-hydroxylation sites is 11. The van der Waals surface area contributed by atoms with Crippen molar-refractivity contribution in [1.82, 2.24) is 42.4 Å². The highest BCUT2D eigenvalue weighted by molar-refractivity contribution is 6.26. The zero-order valence-corrected chi connectivity index (χ0v) is 68.2. The van der Waals surface area contributed by atoms with Crippen LogP contribution in [-0.2, 0) is 0 Å². The van der Waals surface area contributed by atoms with Crippen LogP contribution in [0.4, 0.5) is 0 Å². The van der Waals surface area contributed by atoms with Gasteiger partial charge in [0, 0.05) is 129 Å². The summed E-state index contributed by atoms with van der Waals surface area (Å²) >= 11 is 0. The van der Waals surface area contributed by atoms with E-state index in [9.17, 15) is 0 Å². The Kier molecular flexibility index (Phi) is 16.7. The van der Waals surface area contributed by atoms with Crippen LogP contribution in [0.15, 0.2) is 456 Å². The van der Waals surface area contributed by atoms with Gasteiger partial charge in [-0.15, -0.1) is 0 Å². The Hall–Kier alpha value is -17.2. The lowest BCUT2D eigenvalue weighted by atomic mass is 10.0. The molecule has 26 rings (SSSR count). The van der Waals surface area contributed by atoms with E-state index in [1.165, 1.54) is 71.2 Å². The predicted octanol–water partition coefficient (Wildman–Crippen LogP) is 26.0. The van der Waals surface area contributed by atoms with Crippen LogP contribution in [0.25, 0.3) is 216 Å². The molecular weight excluding hydrogens is 1540 g/mol. The first kappa shape index (κ1) is 71.7. The largest absolute Gasteiger partial charge is 0.428 e. The van der Waals surface area contributed by atoms with Crippen LogP contribution in [-0.4, -0.2) is 42.4 Å². The van der Waals surface area contributed by atoms with Gasteiger partial charge in [0.25, 0.3) is 0 Å². The molecule has 26 aromatic rings. The molecule has 0 amide bonds. The number of hydrogen-bond acceptors (Lipinski definition) is 3. The number of fused-ring (bicyclic) bond motifs is 20. The summed E-state index contributed by atoms with van der Waals surface area (Å²) in [7, 11) is 0. The van der Waals surface area contributed by atoms with Gasteiger partial charge < -0.3 is 18.3 Å². The van der Waals surface area contributed by atoms with Gasteiger partial charge in [-0.25, -0.2) is 0 Å². The maximum atomic E-state index is 5.72. The van der Waals surface area contributed by atoms with Gasteiger partial charge in [-0.05, 0) is 131 Å². The van der Waals surface area contributed by atoms with E-state index in [1.807, 2.05) is 12.1 Å². The average Bonchev–Trinajstić information content (AvgIpc) is 1.54. The number of benzene rings is 18. The van der Waals surface area contributed by atoms with Crippen LogP contribution >= 0.6 is 0 Å². The third-order valence-corrected chi connectivity index (χ3v) is 25.2. The quantitative estimate of drug-likeness (QED) is 0.114. The molecule has 18 aromatic carbocycles. The van der Waals surface area contributed by atoms with Crippen molar-refractivity contribution in [3.05, 3.63) is 456 Å². The molecule has 0 saturated heterocycles. The fourth-order valence-electron chi connectivity index (χ4n) is 19.5. The Morgan fingerprint density at radius 1 is 0.159 bits per heavy atom. The van der Waals surface area contributed by atoms with Crippen LogP contribution in [0.2, 0.25) is 0 Å². The highest BCUT2D eigenvalue weighted by Crippen LogP contribution is 2.46. The van der Waals surface area contributed by atoms with E-state index in [0.717, 1.165) is 127 Å². The molecule has 8 aromatic heterocycles. The summed E-state index contributed by atoms with van der Waals surface area (Å²) in [6.45, 7) is 0. The topological polar surface area (TPSA) is 79.9 Å². The van der Waals surface area contributed by atoms with Gasteiger partial charge in [0.1, 0.15) is 0 Å². The summed E-state index contributed by atoms with van der Waals surface area (Å²) in [6, 6.07) is 156. The van der Waals surface area contributed by atoms with Crippen molar-refractivity contribution in [3.8, 4) is 85.4 Å². The van der Waals surface area contributed by atoms with Gasteiger partial charge >= 0.3 is 19.0 Å². The Bertz CT molecular complexity index is 8490. The standard InChI is InChI=1S/C63H39N7.C51H36N5/c1-4-18-40(19-5-1)41-32-34-42(35-33-41)61-64-62(69-55-30-16-12-26-47(55)51-38-36-49-45-24-10-14-28-53(45)67(57(49)59(51)69)43-20-6-2-7-21-43)66-63(65-61)70-56-31-17-13-27-48(56)52-39-37-50-46-25-11-15-29-54(46)68(58(50)60(52)70)44-22-8-3-9-23-44;1-4-14-39(15-5-1)52-34-53(40-16-6-2-7-17-40)36-54(35-52)41-26-28-43(29-27-41)56-49-23-13-11-21-45(49)47-33-38(25-31-51(47)56)37-24-30-50-46(32-37)44-20-10-12-22-48(44)55(50)42-18-8-3-9-19-42/h1-39H;1-36H/q;+3. The molecule has 8 heterocycles. The lowest BCUT2D eigenvalue weighted by Crippen LogP contribution is -2.55. The predicted molar refractivity (Wildman–Crippen MR) is 513 cm³/mol. The van der Waals surface area contributed by atoms with E-state index in [2.05, 4.69) is 485 Å². The molecule has 588 valence electrons. The van der Waals surface area contributed by atoms with Crippen molar-refractivity contribution in [3.63, 3.8) is 0 Å². The van der Waals surface area contributed by atoms with Crippen molar-refractivity contribution >= 4 is 131 Å². The molecule has 0 bridgehead atoms. The molecule has 0 fully saturated rings. The van der Waals surface area contributed by atoms with Gasteiger partial charge in [0.05, 0.1) is 66.2 Å². The summed E-state index contributed by atoms with van der Waals surface area (Å²) < 4.78 is 20.6. The molecule has 0 aliphatic heterocycles. The summed E-state index contributed by atoms with van der Waals surface area (Å²) in [5.74, 6) is 1.62. The highest BCUT2D eigenvalue weighted by Gasteiger charge is 2.30. The molecule has 0 aliphatic rings. The highest BCUT2D eigenvalue weighted by atomic mass is 15.3. The number of rotatable bonds is 12. The monoisotopic (exact) mass is 1610 g/mol. The second kappa shape index (κ2) is 29.3. The lowest BCUT2D eigenvalue weighted by molar-refractivity contribution is -0.858. The summed E-state index contributed by atoms with van der Waals surface area (Å²) in [4.78, 5) is 16.8. The Labute approximate surface area is 723 Å². The molecule has 126 heavy (non-hydrogen) atoms. The number of hydrogen-bond donors (Lipinski definition) is 0. The minimum Gasteiger partial charge on any atom is -0.309 e. The average molecular weight is 1610 g/mol. The van der Waals surface area contributed by atoms with E-state index in [1.54, 1.807) is 0 Å². The second-order valence-corrected chi connectivity index (χ2v) is 32.3. The van der Waals surface area contributed by atoms with E-state index >= 15 is 0 Å². The second-order valence-electron chi connectivity index (χ2n) is 32.3. The maximum absolute atomic E-state index is 5.72. The lowest BCUT2D eigenvalue weighted by Gasteiger charge is -2.15. The van der Waals surface area contributed by atoms with Crippen molar-refractivity contribution in [2.24, 2.45) is 0 Å². The van der Waals surface area contributed by atoms with E-state index < -0.39 is 0 Å². The van der Waals surface area contributed by atoms with Gasteiger partial charge in [0.15, 0.2) is 5.82 Å². The number of nitrogens with zero attached hydrogens (tertiary/aromatic N) is 12. The zero-order valence-electron chi connectivity index (χ0n) is 68.2. The molecule has 0 aliphatic carbocycles. The molecule has 0 atom stereocenters. The third kappa shape index (κ3) is 11.6. The molecule has 0 saturated carbocycles. The smallest absolute Gasteiger partial charge is 0.309 e. The zero-order chi connectivity index (χ0) is 82.9. The Morgan fingerprint density at radius 3 is 0.786 bits per heavy atom. The van der Waals surface area contributed by atoms with Crippen molar-refractivity contribution in [2.75, 3.05) is 0 Å². The first-order valence-corrected chi connectivity index (χ1v) is 42.7. The van der Waals surface area contributed by atoms with Crippen LogP contribution in [0, 0.1) is 0 Å². The van der Waals surface area contributed by atoms with E-state index in [4.69, 9.17) is 15.0 Å². The normalized spacial score (nSPS) is 11.8. The Balaban J connectivity index is 0.000000141. The van der Waals surface area contributed by atoms with Crippen molar-refractivity contribution < 1.29 is 13.7 Å². The summed E-state index contributed by atoms with van der Waals surface area (Å²) in [5.41, 5.74) is 26.5.